The fourth-order valence-corrected chi connectivity index (χ4v) is 1.43. The van der Waals surface area contributed by atoms with Crippen molar-refractivity contribution in [1.82, 2.24) is 10.6 Å². The van der Waals surface area contributed by atoms with E-state index in [9.17, 15) is 0 Å². The molecule has 2 atom stereocenters. The molecule has 0 unspecified atom stereocenters. The summed E-state index contributed by atoms with van der Waals surface area (Å²) in [5.74, 6) is 0. The van der Waals surface area contributed by atoms with Gasteiger partial charge >= 0.3 is 0 Å². The van der Waals surface area contributed by atoms with Gasteiger partial charge in [0.15, 0.2) is 0 Å². The predicted octanol–water partition coefficient (Wildman–Crippen LogP) is -0.309. The summed E-state index contributed by atoms with van der Waals surface area (Å²) in [6.45, 7) is 1.86. The van der Waals surface area contributed by atoms with Gasteiger partial charge in [0.25, 0.3) is 0 Å². The van der Waals surface area contributed by atoms with Crippen LogP contribution in [0.15, 0.2) is 0 Å². The van der Waals surface area contributed by atoms with E-state index in [0.29, 0.717) is 0 Å². The average Bonchev–Trinajstić information content (AvgIpc) is 1.64. The zero-order chi connectivity index (χ0) is 5.98. The van der Waals surface area contributed by atoms with Crippen LogP contribution in [0.4, 0.5) is 0 Å². The molecule has 0 radical (unpaired) electrons. The molecule has 1 aliphatic heterocycles. The number of piperazine rings is 1. The minimum absolute atomic E-state index is 0.270. The number of hydrogen-bond donors (Lipinski definition) is 4. The molecule has 0 amide bonds. The van der Waals surface area contributed by atoms with Crippen LogP contribution in [-0.2, 0) is 0 Å². The average molecular weight is 150 g/mol. The fourth-order valence-electron chi connectivity index (χ4n) is 0.697. The summed E-state index contributed by atoms with van der Waals surface area (Å²) in [6, 6.07) is 0. The lowest BCUT2D eigenvalue weighted by Gasteiger charge is -2.25. The van der Waals surface area contributed by atoms with Crippen molar-refractivity contribution in [2.24, 2.45) is 0 Å². The molecule has 0 aromatic rings. The minimum atomic E-state index is 0.270. The lowest BCUT2D eigenvalue weighted by atomic mass is 10.4. The Hall–Kier alpha value is 0.620. The topological polar surface area (TPSA) is 24.1 Å². The van der Waals surface area contributed by atoms with Crippen LogP contribution < -0.4 is 10.6 Å². The maximum absolute atomic E-state index is 4.20. The Kier molecular flexibility index (Phi) is 2.49. The molecule has 1 aliphatic rings. The summed E-state index contributed by atoms with van der Waals surface area (Å²) >= 11 is 8.40. The third kappa shape index (κ3) is 1.85. The summed E-state index contributed by atoms with van der Waals surface area (Å²) in [5, 5.41) is 6.85. The highest BCUT2D eigenvalue weighted by atomic mass is 32.1. The second-order valence-corrected chi connectivity index (χ2v) is 3.10. The van der Waals surface area contributed by atoms with Gasteiger partial charge in [-0.1, -0.05) is 0 Å². The first-order chi connectivity index (χ1) is 3.79. The molecule has 0 spiro atoms. The largest absolute Gasteiger partial charge is 0.312 e. The van der Waals surface area contributed by atoms with Crippen molar-refractivity contribution in [3.05, 3.63) is 0 Å². The predicted molar refractivity (Wildman–Crippen MR) is 41.6 cm³/mol. The van der Waals surface area contributed by atoms with Crippen LogP contribution in [0.3, 0.4) is 0 Å². The van der Waals surface area contributed by atoms with Gasteiger partial charge in [-0.2, -0.15) is 25.3 Å². The van der Waals surface area contributed by atoms with Crippen molar-refractivity contribution in [2.45, 2.75) is 10.7 Å². The van der Waals surface area contributed by atoms with Crippen LogP contribution in [0, 0.1) is 0 Å². The number of rotatable bonds is 0. The highest BCUT2D eigenvalue weighted by Crippen LogP contribution is 1.99. The molecule has 2 N–H and O–H groups in total. The summed E-state index contributed by atoms with van der Waals surface area (Å²) < 4.78 is 0. The first-order valence-corrected chi connectivity index (χ1v) is 3.65. The van der Waals surface area contributed by atoms with Crippen molar-refractivity contribution < 1.29 is 0 Å². The van der Waals surface area contributed by atoms with Gasteiger partial charge in [-0.05, 0) is 0 Å². The van der Waals surface area contributed by atoms with Crippen LogP contribution in [0.25, 0.3) is 0 Å². The number of nitrogens with one attached hydrogen (secondary N) is 2. The highest BCUT2D eigenvalue weighted by Gasteiger charge is 2.12. The summed E-state index contributed by atoms with van der Waals surface area (Å²) in [5.41, 5.74) is 0. The summed E-state index contributed by atoms with van der Waals surface area (Å²) in [7, 11) is 0. The first kappa shape index (κ1) is 6.74. The van der Waals surface area contributed by atoms with Crippen LogP contribution in [0.1, 0.15) is 0 Å². The van der Waals surface area contributed by atoms with Gasteiger partial charge < -0.3 is 5.32 Å². The molecule has 48 valence electrons. The van der Waals surface area contributed by atoms with E-state index in [-0.39, 0.29) is 10.7 Å². The second-order valence-electron chi connectivity index (χ2n) is 1.86. The van der Waals surface area contributed by atoms with Gasteiger partial charge in [-0.25, -0.2) is 0 Å². The van der Waals surface area contributed by atoms with Crippen molar-refractivity contribution in [3.63, 3.8) is 0 Å². The van der Waals surface area contributed by atoms with Crippen molar-refractivity contribution >= 4 is 25.3 Å². The van der Waals surface area contributed by atoms with E-state index >= 15 is 0 Å². The van der Waals surface area contributed by atoms with Crippen molar-refractivity contribution in [1.29, 1.82) is 0 Å². The molecule has 1 heterocycles. The number of thiol groups is 2. The normalized spacial score (nSPS) is 39.8. The Labute approximate surface area is 60.2 Å². The van der Waals surface area contributed by atoms with Gasteiger partial charge in [0.05, 0.1) is 10.7 Å². The molecule has 1 fully saturated rings. The summed E-state index contributed by atoms with van der Waals surface area (Å²) in [4.78, 5) is 0. The van der Waals surface area contributed by atoms with Gasteiger partial charge in [-0.15, -0.1) is 0 Å². The lowest BCUT2D eigenvalue weighted by Crippen LogP contribution is -2.49. The first-order valence-electron chi connectivity index (χ1n) is 2.62. The van der Waals surface area contributed by atoms with Crippen molar-refractivity contribution in [3.8, 4) is 0 Å². The molecule has 0 aromatic carbocycles. The molecular weight excluding hydrogens is 140 g/mol. The third-order valence-electron chi connectivity index (χ3n) is 1.06. The summed E-state index contributed by atoms with van der Waals surface area (Å²) in [6.07, 6.45) is 0. The molecule has 2 nitrogen and oxygen atoms in total. The van der Waals surface area contributed by atoms with Crippen LogP contribution in [-0.4, -0.2) is 23.8 Å². The number of hydrogen-bond acceptors (Lipinski definition) is 4. The molecule has 1 rings (SSSR count). The maximum atomic E-state index is 4.20. The van der Waals surface area contributed by atoms with Gasteiger partial charge in [0, 0.05) is 13.1 Å². The molecule has 1 saturated heterocycles. The Morgan fingerprint density at radius 2 is 1.62 bits per heavy atom. The fraction of sp³-hybridized carbons (Fsp3) is 1.00. The Balaban J connectivity index is 2.23. The zero-order valence-electron chi connectivity index (χ0n) is 4.46. The third-order valence-corrected chi connectivity index (χ3v) is 1.72. The van der Waals surface area contributed by atoms with Gasteiger partial charge in [-0.3, -0.25) is 5.32 Å². The monoisotopic (exact) mass is 150 g/mol. The molecule has 8 heavy (non-hydrogen) atoms. The van der Waals surface area contributed by atoms with Crippen LogP contribution >= 0.6 is 25.3 Å². The van der Waals surface area contributed by atoms with E-state index < -0.39 is 0 Å². The highest BCUT2D eigenvalue weighted by molar-refractivity contribution is 7.81. The standard InChI is InChI=1S/C4H10N2S2/c7-3-1-5-2-4(8)6-3/h3-8H,1-2H2/t3-,4+. The Morgan fingerprint density at radius 3 is 1.88 bits per heavy atom. The van der Waals surface area contributed by atoms with Crippen LogP contribution in [0.2, 0.25) is 0 Å². The van der Waals surface area contributed by atoms with Gasteiger partial charge in [0.2, 0.25) is 0 Å². The van der Waals surface area contributed by atoms with Gasteiger partial charge in [0.1, 0.15) is 0 Å². The SMILES string of the molecule is S[C@@H]1CNC[C@H](S)N1. The maximum Gasteiger partial charge on any atom is 0.0637 e. The second kappa shape index (κ2) is 2.96. The molecule has 0 aliphatic carbocycles. The zero-order valence-corrected chi connectivity index (χ0v) is 6.25. The molecule has 0 aromatic heterocycles. The minimum Gasteiger partial charge on any atom is -0.312 e. The van der Waals surface area contributed by atoms with Crippen LogP contribution in [0.5, 0.6) is 0 Å². The Bertz CT molecular complexity index is 70.4. The molecule has 4 heteroatoms. The smallest absolute Gasteiger partial charge is 0.0637 e. The van der Waals surface area contributed by atoms with E-state index in [1.54, 1.807) is 0 Å². The van der Waals surface area contributed by atoms with E-state index in [4.69, 9.17) is 0 Å². The quantitative estimate of drug-likeness (QED) is 0.356. The van der Waals surface area contributed by atoms with E-state index in [1.165, 1.54) is 0 Å². The molecular formula is C4H10N2S2. The van der Waals surface area contributed by atoms with Crippen molar-refractivity contribution in [2.75, 3.05) is 13.1 Å². The lowest BCUT2D eigenvalue weighted by molar-refractivity contribution is 0.485. The molecule has 0 saturated carbocycles. The molecule has 0 bridgehead atoms. The Morgan fingerprint density at radius 1 is 1.12 bits per heavy atom. The van der Waals surface area contributed by atoms with E-state index in [1.807, 2.05) is 0 Å². The van der Waals surface area contributed by atoms with E-state index in [2.05, 4.69) is 35.9 Å². The van der Waals surface area contributed by atoms with E-state index in [0.717, 1.165) is 13.1 Å².